The average molecular weight is 457 g/mol. The SMILES string of the molecule is CCOP(=O)(CO[C@H]1O[C@@H](n2cc(/C=N/C)c3c(N)nc(C)nc32)[C@H](O)[C@@H]1O)OCC. The molecule has 0 bridgehead atoms. The summed E-state index contributed by atoms with van der Waals surface area (Å²) in [6, 6.07) is 0. The van der Waals surface area contributed by atoms with Crippen LogP contribution in [-0.2, 0) is 23.1 Å². The third-order valence-corrected chi connectivity index (χ3v) is 6.39. The van der Waals surface area contributed by atoms with Crippen LogP contribution in [0.25, 0.3) is 11.0 Å². The Bertz CT molecular complexity index is 987. The predicted octanol–water partition coefficient (Wildman–Crippen LogP) is 1.19. The summed E-state index contributed by atoms with van der Waals surface area (Å²) in [5.74, 6) is 0.686. The smallest absolute Gasteiger partial charge is 0.356 e. The zero-order valence-electron chi connectivity index (χ0n) is 17.8. The van der Waals surface area contributed by atoms with Crippen LogP contribution in [0.1, 0.15) is 31.5 Å². The maximum absolute atomic E-state index is 12.6. The van der Waals surface area contributed by atoms with Crippen molar-refractivity contribution in [1.29, 1.82) is 0 Å². The number of nitrogens with two attached hydrogens (primary N) is 1. The van der Waals surface area contributed by atoms with Crippen LogP contribution in [0.3, 0.4) is 0 Å². The lowest BCUT2D eigenvalue weighted by Crippen LogP contribution is -2.33. The van der Waals surface area contributed by atoms with E-state index in [1.54, 1.807) is 44.8 Å². The molecule has 0 amide bonds. The fraction of sp³-hybridized carbons (Fsp3) is 0.611. The Labute approximate surface area is 179 Å². The van der Waals surface area contributed by atoms with Gasteiger partial charge in [-0.05, 0) is 20.8 Å². The topological polar surface area (TPSA) is 164 Å². The Balaban J connectivity index is 1.89. The third kappa shape index (κ3) is 4.80. The number of aryl methyl sites for hydroxylation is 1. The van der Waals surface area contributed by atoms with Crippen molar-refractivity contribution in [1.82, 2.24) is 14.5 Å². The van der Waals surface area contributed by atoms with Gasteiger partial charge in [0, 0.05) is 25.0 Å². The molecule has 2 aromatic rings. The summed E-state index contributed by atoms with van der Waals surface area (Å²) >= 11 is 0. The van der Waals surface area contributed by atoms with Gasteiger partial charge < -0.3 is 39.0 Å². The van der Waals surface area contributed by atoms with Gasteiger partial charge in [-0.25, -0.2) is 9.97 Å². The number of aromatic nitrogens is 3. The molecule has 3 heterocycles. The molecule has 0 radical (unpaired) electrons. The molecule has 12 nitrogen and oxygen atoms in total. The van der Waals surface area contributed by atoms with Crippen molar-refractivity contribution in [3.8, 4) is 0 Å². The normalized spacial score (nSPS) is 24.6. The number of ether oxygens (including phenoxy) is 2. The van der Waals surface area contributed by atoms with Gasteiger partial charge in [0.15, 0.2) is 18.9 Å². The van der Waals surface area contributed by atoms with E-state index < -0.39 is 38.7 Å². The van der Waals surface area contributed by atoms with Crippen molar-refractivity contribution in [2.75, 3.05) is 32.3 Å². The highest BCUT2D eigenvalue weighted by Crippen LogP contribution is 2.49. The Morgan fingerprint density at radius 1 is 1.29 bits per heavy atom. The first kappa shape index (κ1) is 23.7. The second-order valence-electron chi connectivity index (χ2n) is 6.85. The lowest BCUT2D eigenvalue weighted by atomic mass is 10.2. The number of fused-ring (bicyclic) bond motifs is 1. The predicted molar refractivity (Wildman–Crippen MR) is 113 cm³/mol. The van der Waals surface area contributed by atoms with E-state index in [2.05, 4.69) is 15.0 Å². The molecule has 1 aliphatic heterocycles. The van der Waals surface area contributed by atoms with E-state index in [0.29, 0.717) is 22.4 Å². The summed E-state index contributed by atoms with van der Waals surface area (Å²) in [5.41, 5.74) is 7.11. The highest BCUT2D eigenvalue weighted by Gasteiger charge is 2.46. The number of aliphatic hydroxyl groups excluding tert-OH is 2. The van der Waals surface area contributed by atoms with Crippen molar-refractivity contribution in [2.24, 2.45) is 4.99 Å². The molecule has 0 unspecified atom stereocenters. The highest BCUT2D eigenvalue weighted by molar-refractivity contribution is 7.53. The zero-order chi connectivity index (χ0) is 22.8. The van der Waals surface area contributed by atoms with Crippen LogP contribution in [0.5, 0.6) is 0 Å². The molecule has 4 atom stereocenters. The molecule has 4 N–H and O–H groups in total. The van der Waals surface area contributed by atoms with Crippen LogP contribution in [0, 0.1) is 6.92 Å². The van der Waals surface area contributed by atoms with Crippen LogP contribution in [0.4, 0.5) is 5.82 Å². The fourth-order valence-corrected chi connectivity index (χ4v) is 4.76. The molecule has 13 heteroatoms. The van der Waals surface area contributed by atoms with Crippen LogP contribution in [0.15, 0.2) is 11.2 Å². The summed E-state index contributed by atoms with van der Waals surface area (Å²) < 4.78 is 35.8. The molecule has 31 heavy (non-hydrogen) atoms. The third-order valence-electron chi connectivity index (χ3n) is 4.63. The molecular formula is C18H28N5O7P. The first-order valence-corrected chi connectivity index (χ1v) is 11.6. The summed E-state index contributed by atoms with van der Waals surface area (Å²) in [5, 5.41) is 21.7. The van der Waals surface area contributed by atoms with E-state index in [4.69, 9.17) is 24.3 Å². The van der Waals surface area contributed by atoms with Gasteiger partial charge in [0.2, 0.25) is 0 Å². The van der Waals surface area contributed by atoms with Crippen molar-refractivity contribution in [3.63, 3.8) is 0 Å². The van der Waals surface area contributed by atoms with Gasteiger partial charge in [-0.1, -0.05) is 0 Å². The first-order chi connectivity index (χ1) is 14.7. The van der Waals surface area contributed by atoms with E-state index in [0.717, 1.165) is 0 Å². The van der Waals surface area contributed by atoms with E-state index in [1.165, 1.54) is 0 Å². The van der Waals surface area contributed by atoms with Gasteiger partial charge in [-0.15, -0.1) is 0 Å². The van der Waals surface area contributed by atoms with Gasteiger partial charge in [-0.2, -0.15) is 0 Å². The van der Waals surface area contributed by atoms with Crippen LogP contribution in [-0.4, -0.2) is 76.1 Å². The van der Waals surface area contributed by atoms with Crippen LogP contribution in [0.2, 0.25) is 0 Å². The Kier molecular flexibility index (Phi) is 7.43. The van der Waals surface area contributed by atoms with Crippen LogP contribution < -0.4 is 5.73 Å². The number of aliphatic hydroxyl groups is 2. The highest BCUT2D eigenvalue weighted by atomic mass is 31.2. The van der Waals surface area contributed by atoms with Crippen molar-refractivity contribution < 1.29 is 33.3 Å². The monoisotopic (exact) mass is 457 g/mol. The number of hydrogen-bond donors (Lipinski definition) is 3. The van der Waals surface area contributed by atoms with Gasteiger partial charge >= 0.3 is 7.60 Å². The minimum atomic E-state index is -3.52. The van der Waals surface area contributed by atoms with Crippen LogP contribution >= 0.6 is 7.60 Å². The minimum Gasteiger partial charge on any atom is -0.385 e. The van der Waals surface area contributed by atoms with Crippen molar-refractivity contribution >= 4 is 30.7 Å². The molecular weight excluding hydrogens is 429 g/mol. The molecule has 0 spiro atoms. The maximum atomic E-state index is 12.6. The molecule has 1 aliphatic rings. The van der Waals surface area contributed by atoms with E-state index in [-0.39, 0.29) is 19.0 Å². The molecule has 1 saturated heterocycles. The number of rotatable bonds is 9. The zero-order valence-corrected chi connectivity index (χ0v) is 18.7. The second kappa shape index (κ2) is 9.70. The lowest BCUT2D eigenvalue weighted by Gasteiger charge is -2.20. The Hall–Kier alpha value is -1.92. The number of anilines is 1. The minimum absolute atomic E-state index is 0.164. The van der Waals surface area contributed by atoms with E-state index in [1.807, 2.05) is 0 Å². The molecule has 2 aromatic heterocycles. The summed E-state index contributed by atoms with van der Waals surface area (Å²) in [7, 11) is -1.91. The first-order valence-electron chi connectivity index (χ1n) is 9.82. The van der Waals surface area contributed by atoms with Gasteiger partial charge in [-0.3, -0.25) is 9.56 Å². The number of nitrogen functional groups attached to an aromatic ring is 1. The molecule has 0 aromatic carbocycles. The van der Waals surface area contributed by atoms with Crippen molar-refractivity contribution in [2.45, 2.75) is 45.5 Å². The largest absolute Gasteiger partial charge is 0.385 e. The lowest BCUT2D eigenvalue weighted by molar-refractivity contribution is -0.168. The van der Waals surface area contributed by atoms with Gasteiger partial charge in [0.1, 0.15) is 29.5 Å². The summed E-state index contributed by atoms with van der Waals surface area (Å²) in [6.07, 6.45) is -2.30. The number of aliphatic imine (C=N–C) groups is 1. The quantitative estimate of drug-likeness (QED) is 0.368. The Morgan fingerprint density at radius 2 is 1.97 bits per heavy atom. The molecule has 3 rings (SSSR count). The molecule has 172 valence electrons. The maximum Gasteiger partial charge on any atom is 0.356 e. The van der Waals surface area contributed by atoms with Crippen molar-refractivity contribution in [3.05, 3.63) is 17.6 Å². The van der Waals surface area contributed by atoms with Gasteiger partial charge in [0.05, 0.1) is 18.6 Å². The van der Waals surface area contributed by atoms with Gasteiger partial charge in [0.25, 0.3) is 0 Å². The molecule has 1 fully saturated rings. The van der Waals surface area contributed by atoms with E-state index in [9.17, 15) is 14.8 Å². The molecule has 0 saturated carbocycles. The Morgan fingerprint density at radius 3 is 2.58 bits per heavy atom. The summed E-state index contributed by atoms with van der Waals surface area (Å²) in [4.78, 5) is 12.6. The molecule has 0 aliphatic carbocycles. The second-order valence-corrected chi connectivity index (χ2v) is 8.85. The number of nitrogens with zero attached hydrogens (tertiary/aromatic N) is 4. The fourth-order valence-electron chi connectivity index (χ4n) is 3.42. The number of hydrogen-bond acceptors (Lipinski definition) is 11. The average Bonchev–Trinajstić information content (AvgIpc) is 3.19. The standard InChI is InChI=1S/C18H28N5O7P/c1-5-28-31(26,29-6-2)9-27-18-14(25)13(24)17(30-18)23-8-11(7-20-4)12-15(19)21-10(3)22-16(12)23/h7-8,13-14,17-18,24-25H,5-6,9H2,1-4H3,(H2,19,21,22)/b20-7+/t13-,14+,17-,18+/m1/s1. The van der Waals surface area contributed by atoms with E-state index >= 15 is 0 Å². The summed E-state index contributed by atoms with van der Waals surface area (Å²) in [6.45, 7) is 5.37.